The Balaban J connectivity index is 2.58. The van der Waals surface area contributed by atoms with Gasteiger partial charge < -0.3 is 37.9 Å². The van der Waals surface area contributed by atoms with E-state index in [1.807, 2.05) is 0 Å². The standard InChI is InChI=1S/C30H30O14/c1-13(31)41-21-10-9-17(25(37-5)27(21)43-15(3)33)23-18-12-22(42-14(2)32)28(44-16(4)34)26(38-6)19(18)11-20(29(35)39-7)24(23)30(36)40-8/h9-12,23-24H,1-8H3/t23-,24-/m0/s1. The first-order chi connectivity index (χ1) is 20.8. The molecule has 0 saturated carbocycles. The van der Waals surface area contributed by atoms with E-state index in [9.17, 15) is 28.8 Å². The van der Waals surface area contributed by atoms with Crippen molar-refractivity contribution in [3.63, 3.8) is 0 Å². The summed E-state index contributed by atoms with van der Waals surface area (Å²) in [6, 6.07) is 4.05. The molecule has 0 spiro atoms. The van der Waals surface area contributed by atoms with Crippen LogP contribution in [-0.2, 0) is 38.2 Å². The van der Waals surface area contributed by atoms with Crippen LogP contribution in [0.3, 0.4) is 0 Å². The molecule has 0 amide bonds. The molecule has 14 nitrogen and oxygen atoms in total. The fraction of sp³-hybridized carbons (Fsp3) is 0.333. The molecule has 0 saturated heterocycles. The number of benzene rings is 2. The van der Waals surface area contributed by atoms with Crippen LogP contribution in [0.2, 0.25) is 0 Å². The van der Waals surface area contributed by atoms with Crippen LogP contribution in [-0.4, -0.2) is 64.3 Å². The Morgan fingerprint density at radius 2 is 1.11 bits per heavy atom. The average molecular weight is 615 g/mol. The van der Waals surface area contributed by atoms with Crippen LogP contribution in [0.4, 0.5) is 0 Å². The monoisotopic (exact) mass is 614 g/mol. The maximum Gasteiger partial charge on any atom is 0.334 e. The predicted octanol–water partition coefficient (Wildman–Crippen LogP) is 2.90. The van der Waals surface area contributed by atoms with Gasteiger partial charge in [-0.3, -0.25) is 24.0 Å². The van der Waals surface area contributed by atoms with Crippen LogP contribution in [0, 0.1) is 5.92 Å². The zero-order valence-electron chi connectivity index (χ0n) is 25.2. The van der Waals surface area contributed by atoms with Crippen LogP contribution in [0.25, 0.3) is 6.08 Å². The van der Waals surface area contributed by atoms with Crippen molar-refractivity contribution in [2.45, 2.75) is 33.6 Å². The summed E-state index contributed by atoms with van der Waals surface area (Å²) in [4.78, 5) is 74.6. The van der Waals surface area contributed by atoms with Crippen molar-refractivity contribution in [1.82, 2.24) is 0 Å². The Morgan fingerprint density at radius 3 is 1.59 bits per heavy atom. The lowest BCUT2D eigenvalue weighted by Gasteiger charge is -2.34. The van der Waals surface area contributed by atoms with Gasteiger partial charge in [-0.25, -0.2) is 4.79 Å². The molecule has 44 heavy (non-hydrogen) atoms. The van der Waals surface area contributed by atoms with Gasteiger partial charge >= 0.3 is 35.8 Å². The minimum Gasteiger partial charge on any atom is -0.492 e. The molecule has 0 radical (unpaired) electrons. The number of hydrogen-bond acceptors (Lipinski definition) is 14. The van der Waals surface area contributed by atoms with E-state index in [2.05, 4.69) is 0 Å². The van der Waals surface area contributed by atoms with Crippen LogP contribution >= 0.6 is 0 Å². The van der Waals surface area contributed by atoms with E-state index in [1.54, 1.807) is 0 Å². The first-order valence-electron chi connectivity index (χ1n) is 12.9. The SMILES string of the molecule is COC(=O)C1=Cc2c(cc(OC(C)=O)c(OC(C)=O)c2OC)[C@H](c2ccc(OC(C)=O)c(OC(C)=O)c2OC)[C@H]1C(=O)OC. The maximum absolute atomic E-state index is 13.4. The summed E-state index contributed by atoms with van der Waals surface area (Å²) in [5.41, 5.74) is 0.306. The summed E-state index contributed by atoms with van der Waals surface area (Å²) < 4.78 is 42.6. The highest BCUT2D eigenvalue weighted by Crippen LogP contribution is 2.55. The topological polar surface area (TPSA) is 176 Å². The van der Waals surface area contributed by atoms with Crippen molar-refractivity contribution in [1.29, 1.82) is 0 Å². The molecule has 0 fully saturated rings. The number of hydrogen-bond donors (Lipinski definition) is 0. The number of methoxy groups -OCH3 is 4. The van der Waals surface area contributed by atoms with E-state index in [0.717, 1.165) is 41.9 Å². The van der Waals surface area contributed by atoms with Crippen LogP contribution in [0.5, 0.6) is 34.5 Å². The maximum atomic E-state index is 13.4. The van der Waals surface area contributed by atoms with E-state index in [-0.39, 0.29) is 56.8 Å². The third kappa shape index (κ3) is 6.64. The summed E-state index contributed by atoms with van der Waals surface area (Å²) in [6.45, 7) is 4.49. The normalized spacial score (nSPS) is 15.0. The third-order valence-corrected chi connectivity index (χ3v) is 6.30. The second kappa shape index (κ2) is 13.7. The molecule has 1 aliphatic carbocycles. The zero-order chi connectivity index (χ0) is 32.9. The highest BCUT2D eigenvalue weighted by atomic mass is 16.6. The summed E-state index contributed by atoms with van der Waals surface area (Å²) in [5.74, 6) is -8.77. The second-order valence-corrected chi connectivity index (χ2v) is 9.20. The molecule has 2 aromatic rings. The van der Waals surface area contributed by atoms with Crippen molar-refractivity contribution in [3.8, 4) is 34.5 Å². The smallest absolute Gasteiger partial charge is 0.334 e. The van der Waals surface area contributed by atoms with Gasteiger partial charge in [0.1, 0.15) is 0 Å². The van der Waals surface area contributed by atoms with E-state index >= 15 is 0 Å². The fourth-order valence-electron chi connectivity index (χ4n) is 4.87. The molecule has 2 aromatic carbocycles. The van der Waals surface area contributed by atoms with Crippen molar-refractivity contribution >= 4 is 41.9 Å². The van der Waals surface area contributed by atoms with Crippen molar-refractivity contribution in [2.75, 3.05) is 28.4 Å². The third-order valence-electron chi connectivity index (χ3n) is 6.30. The van der Waals surface area contributed by atoms with Gasteiger partial charge in [-0.1, -0.05) is 6.07 Å². The molecule has 3 rings (SSSR count). The quantitative estimate of drug-likeness (QED) is 0.297. The first kappa shape index (κ1) is 33.1. The largest absolute Gasteiger partial charge is 0.492 e. The summed E-state index contributed by atoms with van der Waals surface area (Å²) in [7, 11) is 4.72. The predicted molar refractivity (Wildman–Crippen MR) is 149 cm³/mol. The van der Waals surface area contributed by atoms with Gasteiger partial charge in [0.15, 0.2) is 23.0 Å². The number of fused-ring (bicyclic) bond motifs is 1. The summed E-state index contributed by atoms with van der Waals surface area (Å²) in [5, 5.41) is 0. The molecule has 0 aliphatic heterocycles. The van der Waals surface area contributed by atoms with Gasteiger partial charge in [-0.05, 0) is 23.8 Å². The lowest BCUT2D eigenvalue weighted by Crippen LogP contribution is -2.33. The van der Waals surface area contributed by atoms with Gasteiger partial charge in [-0.2, -0.15) is 0 Å². The van der Waals surface area contributed by atoms with E-state index in [1.165, 1.54) is 38.5 Å². The molecular weight excluding hydrogens is 584 g/mol. The molecule has 1 aliphatic rings. The van der Waals surface area contributed by atoms with Gasteiger partial charge in [0.25, 0.3) is 0 Å². The minimum absolute atomic E-state index is 0.126. The Bertz CT molecular complexity index is 1570. The zero-order valence-corrected chi connectivity index (χ0v) is 25.2. The lowest BCUT2D eigenvalue weighted by molar-refractivity contribution is -0.147. The van der Waals surface area contributed by atoms with E-state index < -0.39 is 47.7 Å². The van der Waals surface area contributed by atoms with Gasteiger partial charge in [0.05, 0.1) is 39.9 Å². The van der Waals surface area contributed by atoms with Gasteiger partial charge in [0, 0.05) is 44.7 Å². The molecule has 0 unspecified atom stereocenters. The Kier molecular flexibility index (Phi) is 10.3. The molecule has 0 N–H and O–H groups in total. The number of carbonyl (C=O) groups excluding carboxylic acids is 6. The number of carbonyl (C=O) groups is 6. The summed E-state index contributed by atoms with van der Waals surface area (Å²) >= 11 is 0. The van der Waals surface area contributed by atoms with Crippen molar-refractivity contribution in [2.24, 2.45) is 5.92 Å². The molecule has 0 heterocycles. The van der Waals surface area contributed by atoms with E-state index in [4.69, 9.17) is 37.9 Å². The van der Waals surface area contributed by atoms with Crippen molar-refractivity contribution < 1.29 is 66.7 Å². The Hall–Kier alpha value is -5.40. The molecule has 14 heteroatoms. The summed E-state index contributed by atoms with van der Waals surface area (Å²) in [6.07, 6.45) is 1.30. The number of rotatable bonds is 9. The fourth-order valence-corrected chi connectivity index (χ4v) is 4.87. The molecule has 0 bridgehead atoms. The first-order valence-corrected chi connectivity index (χ1v) is 12.9. The van der Waals surface area contributed by atoms with Gasteiger partial charge in [0.2, 0.25) is 11.5 Å². The van der Waals surface area contributed by atoms with Crippen LogP contribution in [0.1, 0.15) is 50.3 Å². The van der Waals surface area contributed by atoms with Crippen LogP contribution in [0.15, 0.2) is 23.8 Å². The highest BCUT2D eigenvalue weighted by Gasteiger charge is 2.46. The van der Waals surface area contributed by atoms with Gasteiger partial charge in [-0.15, -0.1) is 0 Å². The second-order valence-electron chi connectivity index (χ2n) is 9.20. The lowest BCUT2D eigenvalue weighted by atomic mass is 9.70. The number of ether oxygens (including phenoxy) is 8. The van der Waals surface area contributed by atoms with Crippen molar-refractivity contribution in [3.05, 3.63) is 40.5 Å². The number of esters is 6. The molecule has 234 valence electrons. The van der Waals surface area contributed by atoms with Crippen LogP contribution < -0.4 is 28.4 Å². The minimum atomic E-state index is -1.42. The molecule has 0 aromatic heterocycles. The molecular formula is C30H30O14. The molecule has 2 atom stereocenters. The Morgan fingerprint density at radius 1 is 0.591 bits per heavy atom. The average Bonchev–Trinajstić information content (AvgIpc) is 2.95. The highest BCUT2D eigenvalue weighted by molar-refractivity contribution is 6.03. The Labute approximate surface area is 251 Å². The van der Waals surface area contributed by atoms with E-state index in [0.29, 0.717) is 0 Å².